The first-order chi connectivity index (χ1) is 13.2. The fourth-order valence-corrected chi connectivity index (χ4v) is 4.91. The molecule has 4 heterocycles. The van der Waals surface area contributed by atoms with Crippen molar-refractivity contribution >= 4 is 0 Å². The number of rotatable bonds is 6. The van der Waals surface area contributed by atoms with E-state index in [1.54, 1.807) is 12.6 Å². The van der Waals surface area contributed by atoms with Gasteiger partial charge in [0.15, 0.2) is 0 Å². The summed E-state index contributed by atoms with van der Waals surface area (Å²) in [5.41, 5.74) is 1.51. The van der Waals surface area contributed by atoms with Crippen molar-refractivity contribution in [2.75, 3.05) is 32.8 Å². The van der Waals surface area contributed by atoms with Crippen molar-refractivity contribution in [3.05, 3.63) is 36.3 Å². The zero-order chi connectivity index (χ0) is 18.7. The lowest BCUT2D eigenvalue weighted by atomic mass is 9.64. The summed E-state index contributed by atoms with van der Waals surface area (Å²) in [6, 6.07) is 2.03. The molecule has 2 aliphatic rings. The molecule has 2 fully saturated rings. The van der Waals surface area contributed by atoms with Crippen LogP contribution in [0.3, 0.4) is 0 Å². The summed E-state index contributed by atoms with van der Waals surface area (Å²) in [7, 11) is 0. The lowest BCUT2D eigenvalue weighted by Gasteiger charge is -2.51. The summed E-state index contributed by atoms with van der Waals surface area (Å²) in [4.78, 5) is 9.38. The van der Waals surface area contributed by atoms with Gasteiger partial charge in [-0.15, -0.1) is 0 Å². The van der Waals surface area contributed by atoms with Crippen molar-refractivity contribution in [3.8, 4) is 0 Å². The van der Waals surface area contributed by atoms with Gasteiger partial charge in [-0.1, -0.05) is 0 Å². The van der Waals surface area contributed by atoms with Crippen molar-refractivity contribution in [2.24, 2.45) is 11.3 Å². The molecule has 1 unspecified atom stereocenters. The predicted octanol–water partition coefficient (Wildman–Crippen LogP) is 1.99. The Morgan fingerprint density at radius 3 is 2.63 bits per heavy atom. The number of nitrogens with zero attached hydrogens (tertiary/aromatic N) is 5. The Kier molecular flexibility index (Phi) is 5.61. The average Bonchev–Trinajstić information content (AvgIpc) is 3.37. The number of aryl methyl sites for hydroxylation is 1. The summed E-state index contributed by atoms with van der Waals surface area (Å²) in [5, 5.41) is 14.4. The number of hydrogen-bond donors (Lipinski definition) is 1. The van der Waals surface area contributed by atoms with E-state index in [0.717, 1.165) is 64.5 Å². The molecule has 148 valence electrons. The van der Waals surface area contributed by atoms with Gasteiger partial charge in [0.1, 0.15) is 12.2 Å². The maximum atomic E-state index is 10.1. The second-order valence-electron chi connectivity index (χ2n) is 8.13. The highest BCUT2D eigenvalue weighted by Gasteiger charge is 2.44. The summed E-state index contributed by atoms with van der Waals surface area (Å²) in [6.07, 6.45) is 8.72. The molecule has 0 radical (unpaired) electrons. The summed E-state index contributed by atoms with van der Waals surface area (Å²) >= 11 is 0. The molecule has 27 heavy (non-hydrogen) atoms. The molecule has 2 aromatic heterocycles. The van der Waals surface area contributed by atoms with Crippen molar-refractivity contribution in [1.82, 2.24) is 24.6 Å². The van der Waals surface area contributed by atoms with Gasteiger partial charge in [-0.3, -0.25) is 9.80 Å². The van der Waals surface area contributed by atoms with Crippen LogP contribution in [0.5, 0.6) is 0 Å². The van der Waals surface area contributed by atoms with Gasteiger partial charge in [-0.25, -0.2) is 9.67 Å². The second kappa shape index (κ2) is 8.12. The van der Waals surface area contributed by atoms with Crippen LogP contribution < -0.4 is 0 Å². The normalized spacial score (nSPS) is 23.9. The molecule has 0 aliphatic carbocycles. The maximum Gasteiger partial charge on any atom is 0.140 e. The first kappa shape index (κ1) is 18.7. The zero-order valence-corrected chi connectivity index (χ0v) is 16.3. The highest BCUT2D eigenvalue weighted by molar-refractivity contribution is 5.06. The molecule has 2 aliphatic heterocycles. The van der Waals surface area contributed by atoms with E-state index >= 15 is 0 Å². The van der Waals surface area contributed by atoms with Crippen molar-refractivity contribution in [1.29, 1.82) is 0 Å². The van der Waals surface area contributed by atoms with Crippen LogP contribution in [0.25, 0.3) is 0 Å². The third kappa shape index (κ3) is 3.95. The van der Waals surface area contributed by atoms with E-state index in [1.807, 2.05) is 17.0 Å². The van der Waals surface area contributed by atoms with Gasteiger partial charge in [0.2, 0.25) is 0 Å². The van der Waals surface area contributed by atoms with E-state index in [4.69, 9.17) is 4.42 Å². The van der Waals surface area contributed by atoms with Crippen LogP contribution in [0.4, 0.5) is 0 Å². The smallest absolute Gasteiger partial charge is 0.140 e. The van der Waals surface area contributed by atoms with Gasteiger partial charge in [0, 0.05) is 37.7 Å². The van der Waals surface area contributed by atoms with Gasteiger partial charge >= 0.3 is 0 Å². The van der Waals surface area contributed by atoms with E-state index in [2.05, 4.69) is 26.8 Å². The number of aliphatic hydroxyl groups is 1. The Bertz CT molecular complexity index is 706. The Balaban J connectivity index is 1.34. The molecule has 0 bridgehead atoms. The fraction of sp³-hybridized carbons (Fsp3) is 0.700. The monoisotopic (exact) mass is 373 g/mol. The van der Waals surface area contributed by atoms with Crippen LogP contribution in [0, 0.1) is 11.3 Å². The van der Waals surface area contributed by atoms with Crippen LogP contribution in [0.2, 0.25) is 0 Å². The van der Waals surface area contributed by atoms with Gasteiger partial charge in [-0.2, -0.15) is 5.10 Å². The van der Waals surface area contributed by atoms with Crippen LogP contribution in [0.15, 0.2) is 29.3 Å². The minimum Gasteiger partial charge on any atom is -0.472 e. The number of hydrogen-bond acceptors (Lipinski definition) is 6. The zero-order valence-electron chi connectivity index (χ0n) is 16.3. The first-order valence-electron chi connectivity index (χ1n) is 10.2. The van der Waals surface area contributed by atoms with Crippen LogP contribution in [-0.2, 0) is 19.6 Å². The van der Waals surface area contributed by atoms with Gasteiger partial charge in [0.25, 0.3) is 0 Å². The molecule has 2 aromatic rings. The van der Waals surface area contributed by atoms with Gasteiger partial charge in [-0.05, 0) is 57.3 Å². The third-order valence-corrected chi connectivity index (χ3v) is 6.69. The lowest BCUT2D eigenvalue weighted by molar-refractivity contribution is -0.0455. The standard InChI is InChI=1S/C20H31N5O2/c1-2-25-19(21-16-22-25)13-23-7-4-20(5-8-23)6-9-24(12-18(20)14-26)11-17-3-10-27-15-17/h3,10,15-16,18,26H,2,4-9,11-14H2,1H3. The molecule has 1 atom stereocenters. The summed E-state index contributed by atoms with van der Waals surface area (Å²) < 4.78 is 7.18. The second-order valence-corrected chi connectivity index (χ2v) is 8.13. The largest absolute Gasteiger partial charge is 0.472 e. The van der Waals surface area contributed by atoms with E-state index in [-0.39, 0.29) is 12.0 Å². The molecule has 7 heteroatoms. The number of furan rings is 1. The Morgan fingerprint density at radius 1 is 1.19 bits per heavy atom. The summed E-state index contributed by atoms with van der Waals surface area (Å²) in [6.45, 7) is 9.29. The van der Waals surface area contributed by atoms with Crippen LogP contribution in [0.1, 0.15) is 37.6 Å². The molecular weight excluding hydrogens is 342 g/mol. The molecule has 2 saturated heterocycles. The molecule has 1 N–H and O–H groups in total. The predicted molar refractivity (Wildman–Crippen MR) is 102 cm³/mol. The highest BCUT2D eigenvalue weighted by Crippen LogP contribution is 2.45. The maximum absolute atomic E-state index is 10.1. The number of likely N-dealkylation sites (tertiary alicyclic amines) is 2. The Labute approximate surface area is 161 Å². The van der Waals surface area contributed by atoms with Gasteiger partial charge < -0.3 is 9.52 Å². The number of piperidine rings is 2. The quantitative estimate of drug-likeness (QED) is 0.835. The molecule has 0 saturated carbocycles. The van der Waals surface area contributed by atoms with Crippen molar-refractivity contribution < 1.29 is 9.52 Å². The fourth-order valence-electron chi connectivity index (χ4n) is 4.91. The van der Waals surface area contributed by atoms with Crippen LogP contribution >= 0.6 is 0 Å². The first-order valence-corrected chi connectivity index (χ1v) is 10.2. The van der Waals surface area contributed by atoms with Crippen molar-refractivity contribution in [3.63, 3.8) is 0 Å². The number of aromatic nitrogens is 3. The molecule has 7 nitrogen and oxygen atoms in total. The van der Waals surface area contributed by atoms with E-state index in [0.29, 0.717) is 5.92 Å². The Morgan fingerprint density at radius 2 is 1.96 bits per heavy atom. The third-order valence-electron chi connectivity index (χ3n) is 6.69. The Hall–Kier alpha value is -1.70. The van der Waals surface area contributed by atoms with E-state index in [9.17, 15) is 5.11 Å². The molecule has 4 rings (SSSR count). The van der Waals surface area contributed by atoms with Crippen molar-refractivity contribution in [2.45, 2.75) is 45.8 Å². The SMILES string of the molecule is CCn1ncnc1CN1CCC2(CC1)CCN(Cc1ccoc1)CC2CO. The van der Waals surface area contributed by atoms with Gasteiger partial charge in [0.05, 0.1) is 19.1 Å². The molecule has 0 aromatic carbocycles. The minimum atomic E-state index is 0.284. The highest BCUT2D eigenvalue weighted by atomic mass is 16.3. The lowest BCUT2D eigenvalue weighted by Crippen LogP contribution is -2.53. The summed E-state index contributed by atoms with van der Waals surface area (Å²) in [5.74, 6) is 1.42. The number of aliphatic hydroxyl groups excluding tert-OH is 1. The van der Waals surface area contributed by atoms with E-state index < -0.39 is 0 Å². The topological polar surface area (TPSA) is 70.6 Å². The molecule has 0 amide bonds. The molecule has 1 spiro atoms. The van der Waals surface area contributed by atoms with Crippen LogP contribution in [-0.4, -0.2) is 62.5 Å². The molecular formula is C20H31N5O2. The average molecular weight is 374 g/mol. The van der Waals surface area contributed by atoms with E-state index in [1.165, 1.54) is 12.0 Å². The minimum absolute atomic E-state index is 0.284.